The third-order valence-corrected chi connectivity index (χ3v) is 2.90. The maximum Gasteiger partial charge on any atom is 0.251 e. The molecule has 5 heteroatoms. The van der Waals surface area contributed by atoms with Crippen molar-refractivity contribution in [3.8, 4) is 0 Å². The van der Waals surface area contributed by atoms with E-state index in [1.54, 1.807) is 29.3 Å². The van der Waals surface area contributed by atoms with Crippen LogP contribution < -0.4 is 5.32 Å². The molecule has 0 unspecified atom stereocenters. The van der Waals surface area contributed by atoms with Gasteiger partial charge in [-0.2, -0.15) is 5.10 Å². The number of benzene rings is 1. The predicted molar refractivity (Wildman–Crippen MR) is 70.8 cm³/mol. The van der Waals surface area contributed by atoms with E-state index in [9.17, 15) is 4.79 Å². The quantitative estimate of drug-likeness (QED) is 0.776. The van der Waals surface area contributed by atoms with Crippen molar-refractivity contribution in [2.45, 2.75) is 6.54 Å². The average Bonchev–Trinajstić information content (AvgIpc) is 3.08. The standard InChI is InChI=1S/C14H13N3O2/c18-14(15-6-8-17-7-1-5-16-17)12-2-3-13-11(10-12)4-9-19-13/h1-5,7,9-10H,6,8H2,(H,15,18). The lowest BCUT2D eigenvalue weighted by atomic mass is 10.1. The molecule has 0 aliphatic rings. The van der Waals surface area contributed by atoms with Crippen molar-refractivity contribution in [3.05, 3.63) is 54.6 Å². The number of carbonyl (C=O) groups is 1. The third-order valence-electron chi connectivity index (χ3n) is 2.90. The molecule has 0 fully saturated rings. The van der Waals surface area contributed by atoms with E-state index in [0.29, 0.717) is 18.7 Å². The lowest BCUT2D eigenvalue weighted by Gasteiger charge is -2.05. The van der Waals surface area contributed by atoms with Crippen molar-refractivity contribution in [2.24, 2.45) is 0 Å². The SMILES string of the molecule is O=C(NCCn1cccn1)c1ccc2occc2c1. The largest absolute Gasteiger partial charge is 0.464 e. The number of nitrogens with zero attached hydrogens (tertiary/aromatic N) is 2. The molecule has 5 nitrogen and oxygen atoms in total. The molecular weight excluding hydrogens is 242 g/mol. The molecule has 96 valence electrons. The van der Waals surface area contributed by atoms with Gasteiger partial charge in [0.25, 0.3) is 5.91 Å². The first-order valence-corrected chi connectivity index (χ1v) is 6.06. The van der Waals surface area contributed by atoms with Crippen LogP contribution in [-0.2, 0) is 6.54 Å². The summed E-state index contributed by atoms with van der Waals surface area (Å²) in [5.74, 6) is -0.0877. The minimum Gasteiger partial charge on any atom is -0.464 e. The Morgan fingerprint density at radius 3 is 3.16 bits per heavy atom. The Bertz CT molecular complexity index is 686. The van der Waals surface area contributed by atoms with E-state index in [1.165, 1.54) is 0 Å². The Labute approximate surface area is 109 Å². The second kappa shape index (κ2) is 4.97. The van der Waals surface area contributed by atoms with Gasteiger partial charge >= 0.3 is 0 Å². The molecule has 2 heterocycles. The Hall–Kier alpha value is -2.56. The first-order valence-electron chi connectivity index (χ1n) is 6.06. The fourth-order valence-electron chi connectivity index (χ4n) is 1.93. The topological polar surface area (TPSA) is 60.1 Å². The van der Waals surface area contributed by atoms with E-state index in [2.05, 4.69) is 10.4 Å². The van der Waals surface area contributed by atoms with Gasteiger partial charge in [0.2, 0.25) is 0 Å². The summed E-state index contributed by atoms with van der Waals surface area (Å²) in [6.07, 6.45) is 5.20. The number of rotatable bonds is 4. The van der Waals surface area contributed by atoms with Crippen molar-refractivity contribution >= 4 is 16.9 Å². The van der Waals surface area contributed by atoms with E-state index in [-0.39, 0.29) is 5.91 Å². The minimum absolute atomic E-state index is 0.0877. The molecule has 3 rings (SSSR count). The van der Waals surface area contributed by atoms with Gasteiger partial charge in [-0.25, -0.2) is 0 Å². The normalized spacial score (nSPS) is 10.7. The van der Waals surface area contributed by atoms with Crippen LogP contribution in [0.2, 0.25) is 0 Å². The van der Waals surface area contributed by atoms with E-state index in [0.717, 1.165) is 11.0 Å². The number of hydrogen-bond acceptors (Lipinski definition) is 3. The third kappa shape index (κ3) is 2.49. The van der Waals surface area contributed by atoms with Gasteiger partial charge in [-0.05, 0) is 30.3 Å². The van der Waals surface area contributed by atoms with Gasteiger partial charge in [0.1, 0.15) is 5.58 Å². The molecule has 0 saturated carbocycles. The summed E-state index contributed by atoms with van der Waals surface area (Å²) in [4.78, 5) is 12.0. The summed E-state index contributed by atoms with van der Waals surface area (Å²) in [5.41, 5.74) is 1.42. The highest BCUT2D eigenvalue weighted by atomic mass is 16.3. The number of hydrogen-bond donors (Lipinski definition) is 1. The number of furan rings is 1. The zero-order valence-corrected chi connectivity index (χ0v) is 10.2. The van der Waals surface area contributed by atoms with Gasteiger partial charge in [-0.1, -0.05) is 0 Å². The van der Waals surface area contributed by atoms with Gasteiger partial charge in [0.05, 0.1) is 12.8 Å². The fourth-order valence-corrected chi connectivity index (χ4v) is 1.93. The second-order valence-electron chi connectivity index (χ2n) is 4.20. The van der Waals surface area contributed by atoms with Crippen molar-refractivity contribution in [3.63, 3.8) is 0 Å². The summed E-state index contributed by atoms with van der Waals surface area (Å²) in [7, 11) is 0. The number of amides is 1. The van der Waals surface area contributed by atoms with Crippen molar-refractivity contribution < 1.29 is 9.21 Å². The maximum absolute atomic E-state index is 12.0. The Morgan fingerprint density at radius 1 is 1.37 bits per heavy atom. The van der Waals surface area contributed by atoms with Crippen LogP contribution in [0.15, 0.2) is 53.4 Å². The molecule has 1 aromatic carbocycles. The molecule has 0 spiro atoms. The van der Waals surface area contributed by atoms with Crippen LogP contribution in [0.25, 0.3) is 11.0 Å². The molecule has 19 heavy (non-hydrogen) atoms. The van der Waals surface area contributed by atoms with Crippen molar-refractivity contribution in [2.75, 3.05) is 6.54 Å². The van der Waals surface area contributed by atoms with Gasteiger partial charge in [-0.3, -0.25) is 9.48 Å². The fraction of sp³-hybridized carbons (Fsp3) is 0.143. The van der Waals surface area contributed by atoms with Crippen molar-refractivity contribution in [1.82, 2.24) is 15.1 Å². The molecular formula is C14H13N3O2. The monoisotopic (exact) mass is 255 g/mol. The second-order valence-corrected chi connectivity index (χ2v) is 4.20. The van der Waals surface area contributed by atoms with Crippen LogP contribution in [0, 0.1) is 0 Å². The molecule has 0 bridgehead atoms. The molecule has 1 amide bonds. The zero-order valence-electron chi connectivity index (χ0n) is 10.2. The predicted octanol–water partition coefficient (Wildman–Crippen LogP) is 2.06. The average molecular weight is 255 g/mol. The minimum atomic E-state index is -0.0877. The van der Waals surface area contributed by atoms with Crippen LogP contribution in [-0.4, -0.2) is 22.2 Å². The van der Waals surface area contributed by atoms with Crippen LogP contribution in [0.5, 0.6) is 0 Å². The van der Waals surface area contributed by atoms with Crippen molar-refractivity contribution in [1.29, 1.82) is 0 Å². The summed E-state index contributed by atoms with van der Waals surface area (Å²) >= 11 is 0. The number of carbonyl (C=O) groups excluding carboxylic acids is 1. The zero-order chi connectivity index (χ0) is 13.1. The van der Waals surface area contributed by atoms with E-state index in [4.69, 9.17) is 4.42 Å². The lowest BCUT2D eigenvalue weighted by Crippen LogP contribution is -2.27. The molecule has 0 aliphatic heterocycles. The Kier molecular flexibility index (Phi) is 3.02. The highest BCUT2D eigenvalue weighted by molar-refractivity contribution is 5.97. The van der Waals surface area contributed by atoms with Crippen LogP contribution in [0.4, 0.5) is 0 Å². The van der Waals surface area contributed by atoms with Crippen LogP contribution >= 0.6 is 0 Å². The summed E-state index contributed by atoms with van der Waals surface area (Å²) in [6.45, 7) is 1.20. The highest BCUT2D eigenvalue weighted by Gasteiger charge is 2.06. The van der Waals surface area contributed by atoms with Gasteiger partial charge in [0.15, 0.2) is 0 Å². The summed E-state index contributed by atoms with van der Waals surface area (Å²) in [5, 5.41) is 7.87. The summed E-state index contributed by atoms with van der Waals surface area (Å²) in [6, 6.07) is 9.08. The van der Waals surface area contributed by atoms with E-state index in [1.807, 2.05) is 24.4 Å². The number of aromatic nitrogens is 2. The van der Waals surface area contributed by atoms with Crippen LogP contribution in [0.1, 0.15) is 10.4 Å². The Balaban J connectivity index is 1.63. The first kappa shape index (κ1) is 11.5. The molecule has 0 saturated heterocycles. The molecule has 1 N–H and O–H groups in total. The van der Waals surface area contributed by atoms with E-state index >= 15 is 0 Å². The number of fused-ring (bicyclic) bond motifs is 1. The molecule has 0 atom stereocenters. The molecule has 0 radical (unpaired) electrons. The smallest absolute Gasteiger partial charge is 0.251 e. The van der Waals surface area contributed by atoms with Crippen LogP contribution in [0.3, 0.4) is 0 Å². The Morgan fingerprint density at radius 2 is 2.32 bits per heavy atom. The first-order chi connectivity index (χ1) is 9.33. The van der Waals surface area contributed by atoms with Gasteiger partial charge < -0.3 is 9.73 Å². The molecule has 2 aromatic heterocycles. The maximum atomic E-state index is 12.0. The van der Waals surface area contributed by atoms with E-state index < -0.39 is 0 Å². The van der Waals surface area contributed by atoms with Gasteiger partial charge in [-0.15, -0.1) is 0 Å². The highest BCUT2D eigenvalue weighted by Crippen LogP contribution is 2.16. The number of nitrogens with one attached hydrogen (secondary N) is 1. The summed E-state index contributed by atoms with van der Waals surface area (Å²) < 4.78 is 7.02. The van der Waals surface area contributed by atoms with Gasteiger partial charge in [0, 0.05) is 29.9 Å². The lowest BCUT2D eigenvalue weighted by molar-refractivity contribution is 0.0952. The molecule has 3 aromatic rings. The molecule has 0 aliphatic carbocycles.